The van der Waals surface area contributed by atoms with Crippen molar-refractivity contribution in [3.05, 3.63) is 71.8 Å². The van der Waals surface area contributed by atoms with Crippen molar-refractivity contribution in [1.82, 2.24) is 0 Å². The van der Waals surface area contributed by atoms with Crippen LogP contribution in [0, 0.1) is 0 Å². The van der Waals surface area contributed by atoms with Crippen LogP contribution in [0.15, 0.2) is 60.7 Å². The average Bonchev–Trinajstić information content (AvgIpc) is 2.71. The zero-order valence-electron chi connectivity index (χ0n) is 18.3. The summed E-state index contributed by atoms with van der Waals surface area (Å²) < 4.78 is 10.9. The lowest BCUT2D eigenvalue weighted by atomic mass is 9.90. The van der Waals surface area contributed by atoms with Gasteiger partial charge in [0, 0.05) is 11.1 Å². The van der Waals surface area contributed by atoms with Gasteiger partial charge in [0.15, 0.2) is 0 Å². The Bertz CT molecular complexity index is 952. The lowest BCUT2D eigenvalue weighted by molar-refractivity contribution is -0.131. The topological polar surface area (TPSA) is 52.6 Å². The summed E-state index contributed by atoms with van der Waals surface area (Å²) in [7, 11) is 0. The fraction of sp³-hybridized carbons (Fsp3) is 0.308. The predicted molar refractivity (Wildman–Crippen MR) is 121 cm³/mol. The Morgan fingerprint density at radius 2 is 1.30 bits per heavy atom. The minimum Gasteiger partial charge on any atom is -0.423 e. The number of rotatable bonds is 9. The molecule has 0 aliphatic carbocycles. The van der Waals surface area contributed by atoms with Gasteiger partial charge in [0.05, 0.1) is 0 Å². The molecule has 0 bridgehead atoms. The fourth-order valence-corrected chi connectivity index (χ4v) is 3.18. The minimum absolute atomic E-state index is 0.355. The van der Waals surface area contributed by atoms with E-state index in [2.05, 4.69) is 27.0 Å². The molecular formula is C26H30O4. The van der Waals surface area contributed by atoms with Crippen molar-refractivity contribution in [2.75, 3.05) is 0 Å². The highest BCUT2D eigenvalue weighted by Crippen LogP contribution is 2.35. The molecule has 0 spiro atoms. The van der Waals surface area contributed by atoms with Crippen LogP contribution < -0.4 is 9.47 Å². The molecule has 0 amide bonds. The molecule has 0 saturated heterocycles. The van der Waals surface area contributed by atoms with E-state index in [-0.39, 0.29) is 0 Å². The van der Waals surface area contributed by atoms with Crippen molar-refractivity contribution in [3.8, 4) is 22.6 Å². The van der Waals surface area contributed by atoms with Gasteiger partial charge in [0.1, 0.15) is 11.5 Å². The molecule has 2 aromatic rings. The fourth-order valence-electron chi connectivity index (χ4n) is 3.18. The van der Waals surface area contributed by atoms with Crippen molar-refractivity contribution < 1.29 is 19.1 Å². The smallest absolute Gasteiger partial charge is 0.338 e. The minimum atomic E-state index is -0.441. The zero-order chi connectivity index (χ0) is 22.3. The van der Waals surface area contributed by atoms with Gasteiger partial charge in [-0.1, -0.05) is 58.0 Å². The van der Waals surface area contributed by atoms with E-state index in [0.717, 1.165) is 42.4 Å². The van der Waals surface area contributed by atoms with Crippen LogP contribution in [0.25, 0.3) is 11.1 Å². The zero-order valence-corrected chi connectivity index (χ0v) is 18.3. The van der Waals surface area contributed by atoms with Gasteiger partial charge in [-0.3, -0.25) is 0 Å². The van der Waals surface area contributed by atoms with Gasteiger partial charge >= 0.3 is 11.9 Å². The summed E-state index contributed by atoms with van der Waals surface area (Å²) in [5, 5.41) is 0. The van der Waals surface area contributed by atoms with Crippen LogP contribution in [0.4, 0.5) is 0 Å². The Labute approximate surface area is 179 Å². The maximum absolute atomic E-state index is 12.1. The third kappa shape index (κ3) is 5.69. The predicted octanol–water partition coefficient (Wildman–Crippen LogP) is 6.22. The highest BCUT2D eigenvalue weighted by molar-refractivity contribution is 5.89. The van der Waals surface area contributed by atoms with Gasteiger partial charge < -0.3 is 9.47 Å². The Balaban J connectivity index is 2.47. The van der Waals surface area contributed by atoms with Gasteiger partial charge in [0.2, 0.25) is 0 Å². The van der Waals surface area contributed by atoms with Gasteiger partial charge in [-0.25, -0.2) is 9.59 Å². The Morgan fingerprint density at radius 1 is 0.767 bits per heavy atom. The van der Waals surface area contributed by atoms with Crippen molar-refractivity contribution in [2.45, 2.75) is 53.4 Å². The highest BCUT2D eigenvalue weighted by atomic mass is 16.5. The maximum Gasteiger partial charge on any atom is 0.338 e. The van der Waals surface area contributed by atoms with Crippen LogP contribution in [0.5, 0.6) is 11.5 Å². The van der Waals surface area contributed by atoms with Crippen molar-refractivity contribution in [1.29, 1.82) is 0 Å². The van der Waals surface area contributed by atoms with E-state index < -0.39 is 11.9 Å². The number of hydrogen-bond acceptors (Lipinski definition) is 4. The van der Waals surface area contributed by atoms with Crippen molar-refractivity contribution >= 4 is 11.9 Å². The molecule has 0 aliphatic rings. The summed E-state index contributed by atoms with van der Waals surface area (Å²) >= 11 is 0. The van der Waals surface area contributed by atoms with Crippen molar-refractivity contribution in [2.24, 2.45) is 0 Å². The van der Waals surface area contributed by atoms with Crippen LogP contribution in [-0.2, 0) is 22.4 Å². The van der Waals surface area contributed by atoms with E-state index in [1.54, 1.807) is 26.0 Å². The van der Waals surface area contributed by atoms with Gasteiger partial charge in [-0.05, 0) is 67.1 Å². The average molecular weight is 407 g/mol. The van der Waals surface area contributed by atoms with Gasteiger partial charge in [-0.15, -0.1) is 0 Å². The molecule has 0 heterocycles. The molecule has 0 saturated carbocycles. The first kappa shape index (κ1) is 23.1. The largest absolute Gasteiger partial charge is 0.423 e. The molecule has 0 unspecified atom stereocenters. The lowest BCUT2D eigenvalue weighted by Crippen LogP contribution is -2.11. The van der Waals surface area contributed by atoms with Crippen LogP contribution in [0.2, 0.25) is 0 Å². The van der Waals surface area contributed by atoms with E-state index in [9.17, 15) is 9.59 Å². The number of hydrogen-bond donors (Lipinski definition) is 0. The highest BCUT2D eigenvalue weighted by Gasteiger charge is 2.17. The molecule has 2 aromatic carbocycles. The third-order valence-electron chi connectivity index (χ3n) is 4.66. The molecule has 0 atom stereocenters. The van der Waals surface area contributed by atoms with E-state index in [4.69, 9.17) is 9.47 Å². The lowest BCUT2D eigenvalue weighted by Gasteiger charge is -2.19. The number of ether oxygens (including phenoxy) is 2. The van der Waals surface area contributed by atoms with E-state index in [1.165, 1.54) is 5.56 Å². The van der Waals surface area contributed by atoms with E-state index in [1.807, 2.05) is 24.3 Å². The molecule has 0 fully saturated rings. The number of esters is 2. The normalized spacial score (nSPS) is 10.4. The summed E-state index contributed by atoms with van der Waals surface area (Å²) in [5.74, 6) is 0.225. The molecule has 0 aliphatic heterocycles. The van der Waals surface area contributed by atoms with Crippen LogP contribution in [0.1, 0.15) is 51.7 Å². The van der Waals surface area contributed by atoms with Crippen LogP contribution >= 0.6 is 0 Å². The molecule has 4 nitrogen and oxygen atoms in total. The van der Waals surface area contributed by atoms with E-state index >= 15 is 0 Å². The molecule has 0 aromatic heterocycles. The SMILES string of the molecule is C=C(C)C(=O)Oc1ccc(-c2ccc(OC(=O)C(=C)C)c(CCC)c2CCC)cc1. The second-order valence-electron chi connectivity index (χ2n) is 7.43. The Hall–Kier alpha value is -3.14. The van der Waals surface area contributed by atoms with Crippen molar-refractivity contribution in [3.63, 3.8) is 0 Å². The van der Waals surface area contributed by atoms with Crippen LogP contribution in [0.3, 0.4) is 0 Å². The maximum atomic E-state index is 12.1. The molecule has 2 rings (SSSR count). The first-order chi connectivity index (χ1) is 14.3. The van der Waals surface area contributed by atoms with Gasteiger partial charge in [0.25, 0.3) is 0 Å². The Morgan fingerprint density at radius 3 is 1.83 bits per heavy atom. The number of benzene rings is 2. The van der Waals surface area contributed by atoms with Gasteiger partial charge in [-0.2, -0.15) is 0 Å². The summed E-state index contributed by atoms with van der Waals surface area (Å²) in [6, 6.07) is 11.3. The summed E-state index contributed by atoms with van der Waals surface area (Å²) in [6.45, 7) is 14.8. The third-order valence-corrected chi connectivity index (χ3v) is 4.66. The molecule has 0 N–H and O–H groups in total. The first-order valence-electron chi connectivity index (χ1n) is 10.3. The first-order valence-corrected chi connectivity index (χ1v) is 10.3. The summed E-state index contributed by atoms with van der Waals surface area (Å²) in [4.78, 5) is 23.8. The standard InChI is InChI=1S/C26H30O4/c1-7-9-22-21(19-11-13-20(14-12-19)29-25(27)17(3)4)15-16-24(23(22)10-8-2)30-26(28)18(5)6/h11-16H,3,5,7-10H2,1-2,4,6H3. The summed E-state index contributed by atoms with van der Waals surface area (Å²) in [5.41, 5.74) is 5.08. The Kier molecular flexibility index (Phi) is 8.16. The molecule has 4 heteroatoms. The molecule has 0 radical (unpaired) electrons. The quantitative estimate of drug-likeness (QED) is 0.282. The van der Waals surface area contributed by atoms with E-state index in [0.29, 0.717) is 22.6 Å². The molecular weight excluding hydrogens is 376 g/mol. The second kappa shape index (κ2) is 10.6. The summed E-state index contributed by atoms with van der Waals surface area (Å²) in [6.07, 6.45) is 3.59. The molecule has 158 valence electrons. The molecule has 30 heavy (non-hydrogen) atoms. The number of carbonyl (C=O) groups excluding carboxylic acids is 2. The number of carbonyl (C=O) groups is 2. The van der Waals surface area contributed by atoms with Crippen LogP contribution in [-0.4, -0.2) is 11.9 Å². The monoisotopic (exact) mass is 406 g/mol. The second-order valence-corrected chi connectivity index (χ2v) is 7.43.